The lowest BCUT2D eigenvalue weighted by atomic mass is 9.67. The fourth-order valence-corrected chi connectivity index (χ4v) is 5.06. The molecule has 1 aromatic carbocycles. The lowest BCUT2D eigenvalue weighted by Gasteiger charge is -2.38. The van der Waals surface area contributed by atoms with Crippen molar-refractivity contribution in [3.05, 3.63) is 45.8 Å². The van der Waals surface area contributed by atoms with Gasteiger partial charge in [0.15, 0.2) is 0 Å². The van der Waals surface area contributed by atoms with Crippen molar-refractivity contribution in [2.24, 2.45) is 11.3 Å². The minimum atomic E-state index is -0.0408. The zero-order valence-electron chi connectivity index (χ0n) is 18.6. The number of anilines is 1. The molecule has 1 amide bonds. The Morgan fingerprint density at radius 2 is 1.97 bits per heavy atom. The average Bonchev–Trinajstić information content (AvgIpc) is 3.37. The van der Waals surface area contributed by atoms with Gasteiger partial charge in [0.05, 0.1) is 16.4 Å². The first-order chi connectivity index (χ1) is 14.2. The zero-order valence-corrected chi connectivity index (χ0v) is 19.3. The molecule has 2 aliphatic rings. The summed E-state index contributed by atoms with van der Waals surface area (Å²) in [6, 6.07) is 5.66. The minimum absolute atomic E-state index is 0.0408. The third kappa shape index (κ3) is 5.08. The maximum Gasteiger partial charge on any atom is 0.224 e. The van der Waals surface area contributed by atoms with Crippen LogP contribution in [0.1, 0.15) is 93.7 Å². The molecule has 0 bridgehead atoms. The van der Waals surface area contributed by atoms with Gasteiger partial charge in [0.25, 0.3) is 0 Å². The number of aromatic nitrogens is 1. The molecule has 2 aliphatic carbocycles. The smallest absolute Gasteiger partial charge is 0.224 e. The first kappa shape index (κ1) is 21.4. The van der Waals surface area contributed by atoms with Crippen molar-refractivity contribution < 1.29 is 9.32 Å². The van der Waals surface area contributed by atoms with Gasteiger partial charge in [0.2, 0.25) is 5.91 Å². The summed E-state index contributed by atoms with van der Waals surface area (Å²) in [5.41, 5.74) is 4.42. The molecule has 0 saturated heterocycles. The van der Waals surface area contributed by atoms with Crippen molar-refractivity contribution in [2.45, 2.75) is 84.5 Å². The number of nitrogens with zero attached hydrogens (tertiary/aromatic N) is 1. The van der Waals surface area contributed by atoms with Gasteiger partial charge in [-0.15, -0.1) is 0 Å². The molecule has 5 heteroatoms. The van der Waals surface area contributed by atoms with Crippen molar-refractivity contribution in [3.8, 4) is 0 Å². The first-order valence-electron chi connectivity index (χ1n) is 11.2. The van der Waals surface area contributed by atoms with E-state index in [9.17, 15) is 4.79 Å². The molecule has 0 aliphatic heterocycles. The Bertz CT molecular complexity index is 918. The van der Waals surface area contributed by atoms with E-state index in [1.165, 1.54) is 37.7 Å². The normalized spacial score (nSPS) is 21.4. The number of rotatable bonds is 7. The third-order valence-corrected chi connectivity index (χ3v) is 6.62. The predicted octanol–water partition coefficient (Wildman–Crippen LogP) is 7.01. The molecular weight excluding hydrogens is 396 g/mol. The molecule has 0 radical (unpaired) electrons. The van der Waals surface area contributed by atoms with Gasteiger partial charge in [-0.05, 0) is 74.0 Å². The molecule has 1 N–H and O–H groups in total. The lowest BCUT2D eigenvalue weighted by Crippen LogP contribution is -2.26. The van der Waals surface area contributed by atoms with Crippen LogP contribution in [0.3, 0.4) is 0 Å². The van der Waals surface area contributed by atoms with Crippen LogP contribution in [0, 0.1) is 18.3 Å². The van der Waals surface area contributed by atoms with E-state index in [2.05, 4.69) is 31.2 Å². The average molecular weight is 429 g/mol. The third-order valence-electron chi connectivity index (χ3n) is 6.31. The molecule has 2 fully saturated rings. The van der Waals surface area contributed by atoms with E-state index in [4.69, 9.17) is 16.1 Å². The van der Waals surface area contributed by atoms with Crippen LogP contribution < -0.4 is 5.32 Å². The fourth-order valence-electron chi connectivity index (χ4n) is 4.78. The van der Waals surface area contributed by atoms with E-state index in [0.29, 0.717) is 40.8 Å². The molecule has 0 unspecified atom stereocenters. The summed E-state index contributed by atoms with van der Waals surface area (Å²) in [4.78, 5) is 12.5. The first-order valence-corrected chi connectivity index (χ1v) is 11.6. The number of hydrogen-bond donors (Lipinski definition) is 1. The number of nitrogens with one attached hydrogen (secondary N) is 1. The van der Waals surface area contributed by atoms with Crippen molar-refractivity contribution in [1.29, 1.82) is 0 Å². The number of halogens is 1. The van der Waals surface area contributed by atoms with Gasteiger partial charge in [0, 0.05) is 24.3 Å². The Hall–Kier alpha value is -1.81. The van der Waals surface area contributed by atoms with E-state index < -0.39 is 0 Å². The molecule has 1 aromatic heterocycles. The van der Waals surface area contributed by atoms with Crippen molar-refractivity contribution in [2.75, 3.05) is 5.32 Å². The van der Waals surface area contributed by atoms with Crippen LogP contribution in [0.4, 0.5) is 5.69 Å². The second-order valence-corrected chi connectivity index (χ2v) is 10.9. The highest BCUT2D eigenvalue weighted by Gasteiger charge is 2.40. The number of hydrogen-bond acceptors (Lipinski definition) is 3. The molecule has 0 atom stereocenters. The minimum Gasteiger partial charge on any atom is -0.361 e. The second-order valence-electron chi connectivity index (χ2n) is 10.5. The maximum atomic E-state index is 12.5. The maximum absolute atomic E-state index is 12.5. The highest BCUT2D eigenvalue weighted by Crippen LogP contribution is 2.52. The van der Waals surface area contributed by atoms with Crippen LogP contribution in [-0.2, 0) is 11.2 Å². The second kappa shape index (κ2) is 8.37. The SMILES string of the molecule is Cc1ccc(NC(=O)CCc2noc([C@H]3C[C@@H](CC(C)(C)C)C3)c2C2CC2)c(Cl)c1. The summed E-state index contributed by atoms with van der Waals surface area (Å²) in [7, 11) is 0. The topological polar surface area (TPSA) is 55.1 Å². The lowest BCUT2D eigenvalue weighted by molar-refractivity contribution is -0.116. The van der Waals surface area contributed by atoms with Gasteiger partial charge in [-0.1, -0.05) is 43.6 Å². The number of carbonyl (C=O) groups excluding carboxylic acids is 1. The number of benzene rings is 1. The van der Waals surface area contributed by atoms with Crippen LogP contribution in [0.25, 0.3) is 0 Å². The fraction of sp³-hybridized carbons (Fsp3) is 0.600. The Labute approximate surface area is 184 Å². The van der Waals surface area contributed by atoms with E-state index in [0.717, 1.165) is 22.9 Å². The molecule has 1 heterocycles. The van der Waals surface area contributed by atoms with Gasteiger partial charge >= 0.3 is 0 Å². The van der Waals surface area contributed by atoms with Crippen LogP contribution in [0.2, 0.25) is 5.02 Å². The monoisotopic (exact) mass is 428 g/mol. The van der Waals surface area contributed by atoms with Gasteiger partial charge in [-0.3, -0.25) is 4.79 Å². The molecule has 0 spiro atoms. The van der Waals surface area contributed by atoms with Crippen molar-refractivity contribution >= 4 is 23.2 Å². The summed E-state index contributed by atoms with van der Waals surface area (Å²) in [5.74, 6) is 2.95. The van der Waals surface area contributed by atoms with Crippen LogP contribution in [0.15, 0.2) is 22.7 Å². The van der Waals surface area contributed by atoms with Crippen molar-refractivity contribution in [1.82, 2.24) is 5.16 Å². The summed E-state index contributed by atoms with van der Waals surface area (Å²) in [5, 5.41) is 7.90. The van der Waals surface area contributed by atoms with Gasteiger partial charge in [0.1, 0.15) is 5.76 Å². The van der Waals surface area contributed by atoms with E-state index in [1.807, 2.05) is 25.1 Å². The highest BCUT2D eigenvalue weighted by molar-refractivity contribution is 6.33. The molecule has 162 valence electrons. The number of amides is 1. The van der Waals surface area contributed by atoms with E-state index in [1.54, 1.807) is 0 Å². The van der Waals surface area contributed by atoms with Crippen LogP contribution >= 0.6 is 11.6 Å². The summed E-state index contributed by atoms with van der Waals surface area (Å²) in [6.45, 7) is 8.93. The zero-order chi connectivity index (χ0) is 21.5. The Kier molecular flexibility index (Phi) is 5.98. The van der Waals surface area contributed by atoms with E-state index >= 15 is 0 Å². The standard InChI is InChI=1S/C25H33ClN2O2/c1-15-5-8-20(19(26)11-15)27-22(29)10-9-21-23(17-6-7-17)24(30-28-21)18-12-16(13-18)14-25(2,3)4/h5,8,11,16-18H,6-7,9-10,12-14H2,1-4H3,(H,27,29)/t16-,18+. The largest absolute Gasteiger partial charge is 0.361 e. The van der Waals surface area contributed by atoms with Gasteiger partial charge in [-0.2, -0.15) is 0 Å². The predicted molar refractivity (Wildman–Crippen MR) is 121 cm³/mol. The Balaban J connectivity index is 1.36. The summed E-state index contributed by atoms with van der Waals surface area (Å²) in [6.07, 6.45) is 7.10. The summed E-state index contributed by atoms with van der Waals surface area (Å²) < 4.78 is 5.86. The Morgan fingerprint density at radius 3 is 2.60 bits per heavy atom. The van der Waals surface area contributed by atoms with Crippen LogP contribution in [0.5, 0.6) is 0 Å². The van der Waals surface area contributed by atoms with Gasteiger partial charge in [-0.25, -0.2) is 0 Å². The molecule has 2 saturated carbocycles. The van der Waals surface area contributed by atoms with Crippen molar-refractivity contribution in [3.63, 3.8) is 0 Å². The van der Waals surface area contributed by atoms with E-state index in [-0.39, 0.29) is 5.91 Å². The summed E-state index contributed by atoms with van der Waals surface area (Å²) >= 11 is 6.24. The Morgan fingerprint density at radius 1 is 1.23 bits per heavy atom. The molecule has 2 aromatic rings. The van der Waals surface area contributed by atoms with Crippen LogP contribution in [-0.4, -0.2) is 11.1 Å². The highest BCUT2D eigenvalue weighted by atomic mass is 35.5. The molecule has 4 rings (SSSR count). The van der Waals surface area contributed by atoms with Gasteiger partial charge < -0.3 is 9.84 Å². The number of carbonyl (C=O) groups is 1. The molecular formula is C25H33ClN2O2. The quantitative estimate of drug-likeness (QED) is 0.515. The molecule has 30 heavy (non-hydrogen) atoms. The molecule has 4 nitrogen and oxygen atoms in total. The number of aryl methyl sites for hydroxylation is 2.